The summed E-state index contributed by atoms with van der Waals surface area (Å²) in [5, 5.41) is 3.73. The maximum Gasteiger partial charge on any atom is 0.0252 e. The van der Waals surface area contributed by atoms with Gasteiger partial charge in [0, 0.05) is 31.7 Å². The number of piperazine rings is 1. The zero-order chi connectivity index (χ0) is 11.4. The Hall–Kier alpha value is -0.340. The molecule has 2 rings (SSSR count). The summed E-state index contributed by atoms with van der Waals surface area (Å²) >= 11 is 0. The van der Waals surface area contributed by atoms with Crippen LogP contribution in [0.1, 0.15) is 39.5 Å². The molecular formula is C14H26N2. The van der Waals surface area contributed by atoms with Gasteiger partial charge in [-0.1, -0.05) is 25.5 Å². The minimum absolute atomic E-state index is 0.727. The maximum absolute atomic E-state index is 3.73. The molecule has 92 valence electrons. The van der Waals surface area contributed by atoms with Gasteiger partial charge < -0.3 is 5.32 Å². The third kappa shape index (κ3) is 3.08. The van der Waals surface area contributed by atoms with Gasteiger partial charge in [0.05, 0.1) is 0 Å². The van der Waals surface area contributed by atoms with Gasteiger partial charge >= 0.3 is 0 Å². The van der Waals surface area contributed by atoms with Crippen molar-refractivity contribution in [3.05, 3.63) is 12.2 Å². The normalized spacial score (nSPS) is 32.4. The molecule has 0 aromatic rings. The van der Waals surface area contributed by atoms with Crippen LogP contribution in [0.25, 0.3) is 0 Å². The van der Waals surface area contributed by atoms with Gasteiger partial charge in [0.25, 0.3) is 0 Å². The lowest BCUT2D eigenvalue weighted by Crippen LogP contribution is -2.57. The number of rotatable bonds is 5. The van der Waals surface area contributed by atoms with Crippen LogP contribution < -0.4 is 5.32 Å². The van der Waals surface area contributed by atoms with Gasteiger partial charge in [-0.3, -0.25) is 4.90 Å². The Kier molecular flexibility index (Phi) is 4.42. The smallest absolute Gasteiger partial charge is 0.0252 e. The van der Waals surface area contributed by atoms with Gasteiger partial charge in [-0.2, -0.15) is 0 Å². The summed E-state index contributed by atoms with van der Waals surface area (Å²) in [5.41, 5.74) is 0. The summed E-state index contributed by atoms with van der Waals surface area (Å²) in [5.74, 6) is 0.986. The maximum atomic E-state index is 3.73. The molecule has 1 aliphatic heterocycles. The van der Waals surface area contributed by atoms with Crippen molar-refractivity contribution in [2.75, 3.05) is 19.6 Å². The Bertz CT molecular complexity index is 233. The molecule has 16 heavy (non-hydrogen) atoms. The third-order valence-electron chi connectivity index (χ3n) is 3.92. The molecule has 0 amide bonds. The lowest BCUT2D eigenvalue weighted by Gasteiger charge is -2.40. The molecule has 2 atom stereocenters. The lowest BCUT2D eigenvalue weighted by molar-refractivity contribution is 0.125. The van der Waals surface area contributed by atoms with E-state index in [1.54, 1.807) is 0 Å². The van der Waals surface area contributed by atoms with Gasteiger partial charge in [-0.05, 0) is 32.1 Å². The Morgan fingerprint density at radius 1 is 1.38 bits per heavy atom. The van der Waals surface area contributed by atoms with Gasteiger partial charge in [-0.25, -0.2) is 0 Å². The van der Waals surface area contributed by atoms with Crippen LogP contribution in [0.2, 0.25) is 0 Å². The summed E-state index contributed by atoms with van der Waals surface area (Å²) in [6, 6.07) is 1.54. The first kappa shape index (κ1) is 12.1. The summed E-state index contributed by atoms with van der Waals surface area (Å²) in [6.45, 7) is 8.02. The van der Waals surface area contributed by atoms with E-state index in [1.807, 2.05) is 0 Å². The van der Waals surface area contributed by atoms with Crippen LogP contribution in [-0.4, -0.2) is 36.6 Å². The fraction of sp³-hybridized carbons (Fsp3) is 0.857. The predicted molar refractivity (Wildman–Crippen MR) is 69.6 cm³/mol. The van der Waals surface area contributed by atoms with Gasteiger partial charge in [0.1, 0.15) is 0 Å². The van der Waals surface area contributed by atoms with E-state index in [2.05, 4.69) is 36.2 Å². The first-order valence-corrected chi connectivity index (χ1v) is 6.93. The largest absolute Gasteiger partial charge is 0.311 e. The summed E-state index contributed by atoms with van der Waals surface area (Å²) in [4.78, 5) is 2.70. The van der Waals surface area contributed by atoms with Crippen molar-refractivity contribution in [3.8, 4) is 0 Å². The summed E-state index contributed by atoms with van der Waals surface area (Å²) in [7, 11) is 0. The highest BCUT2D eigenvalue weighted by atomic mass is 15.2. The molecule has 0 radical (unpaired) electrons. The van der Waals surface area contributed by atoms with E-state index in [4.69, 9.17) is 0 Å². The molecule has 0 aromatic carbocycles. The van der Waals surface area contributed by atoms with E-state index >= 15 is 0 Å². The zero-order valence-corrected chi connectivity index (χ0v) is 10.8. The van der Waals surface area contributed by atoms with Crippen molar-refractivity contribution in [1.82, 2.24) is 10.2 Å². The van der Waals surface area contributed by atoms with E-state index < -0.39 is 0 Å². The van der Waals surface area contributed by atoms with Gasteiger partial charge in [-0.15, -0.1) is 0 Å². The molecule has 2 heteroatoms. The monoisotopic (exact) mass is 222 g/mol. The highest BCUT2D eigenvalue weighted by molar-refractivity contribution is 4.97. The molecule has 1 saturated carbocycles. The molecule has 1 aliphatic carbocycles. The second-order valence-corrected chi connectivity index (χ2v) is 5.32. The molecule has 2 nitrogen and oxygen atoms in total. The van der Waals surface area contributed by atoms with E-state index in [-0.39, 0.29) is 0 Å². The molecule has 2 aliphatic rings. The van der Waals surface area contributed by atoms with Crippen molar-refractivity contribution < 1.29 is 0 Å². The standard InChI is InChI=1S/C14H26N2/c1-3-5-9-16-11-13(6-4-2)15-10-14(16)12-7-8-12/h3,5,12-15H,4,6-11H2,1-2H3/b5-3+. The average molecular weight is 222 g/mol. The van der Waals surface area contributed by atoms with Crippen molar-refractivity contribution in [2.45, 2.75) is 51.6 Å². The van der Waals surface area contributed by atoms with Crippen LogP contribution in [0, 0.1) is 5.92 Å². The van der Waals surface area contributed by atoms with Crippen LogP contribution in [0.5, 0.6) is 0 Å². The molecule has 2 fully saturated rings. The van der Waals surface area contributed by atoms with E-state index in [0.717, 1.165) is 24.5 Å². The molecule has 1 heterocycles. The first-order valence-electron chi connectivity index (χ1n) is 6.93. The minimum atomic E-state index is 0.727. The van der Waals surface area contributed by atoms with Crippen LogP contribution >= 0.6 is 0 Å². The molecule has 0 spiro atoms. The first-order chi connectivity index (χ1) is 7.85. The number of nitrogens with zero attached hydrogens (tertiary/aromatic N) is 1. The molecule has 1 saturated heterocycles. The van der Waals surface area contributed by atoms with Crippen LogP contribution in [0.15, 0.2) is 12.2 Å². The highest BCUT2D eigenvalue weighted by Crippen LogP contribution is 2.36. The summed E-state index contributed by atoms with van der Waals surface area (Å²) < 4.78 is 0. The average Bonchev–Trinajstić information content (AvgIpc) is 3.11. The molecule has 2 unspecified atom stereocenters. The molecule has 1 N–H and O–H groups in total. The second-order valence-electron chi connectivity index (χ2n) is 5.32. The van der Waals surface area contributed by atoms with E-state index in [1.165, 1.54) is 38.8 Å². The fourth-order valence-electron chi connectivity index (χ4n) is 2.84. The molecule has 0 aromatic heterocycles. The summed E-state index contributed by atoms with van der Waals surface area (Å²) in [6.07, 6.45) is 10.0. The topological polar surface area (TPSA) is 15.3 Å². The zero-order valence-electron chi connectivity index (χ0n) is 10.8. The third-order valence-corrected chi connectivity index (χ3v) is 3.92. The number of hydrogen-bond acceptors (Lipinski definition) is 2. The second kappa shape index (κ2) is 5.83. The fourth-order valence-corrected chi connectivity index (χ4v) is 2.84. The SMILES string of the molecule is C/C=C/CN1CC(CCC)NCC1C1CC1. The van der Waals surface area contributed by atoms with Crippen molar-refractivity contribution in [3.63, 3.8) is 0 Å². The predicted octanol–water partition coefficient (Wildman–Crippen LogP) is 2.42. The van der Waals surface area contributed by atoms with Gasteiger partial charge in [0.2, 0.25) is 0 Å². The number of nitrogens with one attached hydrogen (secondary N) is 1. The van der Waals surface area contributed by atoms with Crippen LogP contribution in [0.3, 0.4) is 0 Å². The van der Waals surface area contributed by atoms with Gasteiger partial charge in [0.15, 0.2) is 0 Å². The van der Waals surface area contributed by atoms with E-state index in [9.17, 15) is 0 Å². The van der Waals surface area contributed by atoms with Crippen molar-refractivity contribution in [2.24, 2.45) is 5.92 Å². The Labute approximate surface area is 100 Å². The molecular weight excluding hydrogens is 196 g/mol. The Morgan fingerprint density at radius 2 is 2.19 bits per heavy atom. The highest BCUT2D eigenvalue weighted by Gasteiger charge is 2.37. The lowest BCUT2D eigenvalue weighted by atomic mass is 10.0. The Morgan fingerprint density at radius 3 is 2.81 bits per heavy atom. The van der Waals surface area contributed by atoms with Crippen LogP contribution in [0.4, 0.5) is 0 Å². The number of hydrogen-bond donors (Lipinski definition) is 1. The van der Waals surface area contributed by atoms with Crippen molar-refractivity contribution >= 4 is 0 Å². The quantitative estimate of drug-likeness (QED) is 0.719. The number of allylic oxidation sites excluding steroid dienone is 1. The van der Waals surface area contributed by atoms with E-state index in [0.29, 0.717) is 0 Å². The minimum Gasteiger partial charge on any atom is -0.311 e. The van der Waals surface area contributed by atoms with Crippen molar-refractivity contribution in [1.29, 1.82) is 0 Å². The van der Waals surface area contributed by atoms with Crippen LogP contribution in [-0.2, 0) is 0 Å². The Balaban J connectivity index is 1.89. The molecule has 0 bridgehead atoms.